The van der Waals surface area contributed by atoms with E-state index in [4.69, 9.17) is 11.1 Å². The normalized spacial score (nSPS) is 17.6. The number of rotatable bonds is 7. The van der Waals surface area contributed by atoms with Gasteiger partial charge in [-0.25, -0.2) is 8.42 Å². The van der Waals surface area contributed by atoms with E-state index < -0.39 is 21.5 Å². The number of guanidine groups is 1. The molecule has 1 saturated heterocycles. The molecule has 4 aromatic rings. The minimum Gasteiger partial charge on any atom is -0.370 e. The third-order valence-corrected chi connectivity index (χ3v) is 9.11. The van der Waals surface area contributed by atoms with E-state index in [2.05, 4.69) is 10.0 Å². The van der Waals surface area contributed by atoms with Crippen LogP contribution in [0.2, 0.25) is 0 Å². The van der Waals surface area contributed by atoms with Gasteiger partial charge in [-0.2, -0.15) is 4.72 Å². The van der Waals surface area contributed by atoms with Gasteiger partial charge in [-0.05, 0) is 71.0 Å². The molecule has 0 aliphatic carbocycles. The zero-order valence-corrected chi connectivity index (χ0v) is 22.7. The van der Waals surface area contributed by atoms with E-state index in [1.807, 2.05) is 60.7 Å². The number of hydrogen-bond acceptors (Lipinski definition) is 4. The standard InChI is InChI=1S/C30H33N5O3S/c1-30(26-14-12-22-8-2-4-10-24(22)17-26,28(36)33-19-21-7-6-16-35(20-21)29(31)32)34-39(37,38)27-15-13-23-9-3-5-11-25(23)18-27/h2-5,8-15,17-18,21,34H,6-7,16,19-20H2,1H3,(H3,31,32)(H,33,36)/t21?,30-/m1/s1. The smallest absolute Gasteiger partial charge is 0.245 e. The fourth-order valence-corrected chi connectivity index (χ4v) is 6.66. The second-order valence-corrected chi connectivity index (χ2v) is 12.0. The fraction of sp³-hybridized carbons (Fsp3) is 0.267. The molecule has 2 atom stereocenters. The van der Waals surface area contributed by atoms with E-state index in [0.29, 0.717) is 18.7 Å². The first kappa shape index (κ1) is 26.6. The van der Waals surface area contributed by atoms with Crippen molar-refractivity contribution in [2.24, 2.45) is 11.7 Å². The van der Waals surface area contributed by atoms with Gasteiger partial charge >= 0.3 is 0 Å². The molecule has 39 heavy (non-hydrogen) atoms. The Bertz CT molecular complexity index is 1660. The van der Waals surface area contributed by atoms with Crippen LogP contribution >= 0.6 is 0 Å². The summed E-state index contributed by atoms with van der Waals surface area (Å²) in [5.41, 5.74) is 4.64. The predicted molar refractivity (Wildman–Crippen MR) is 155 cm³/mol. The molecule has 0 aromatic heterocycles. The molecule has 1 unspecified atom stereocenters. The number of fused-ring (bicyclic) bond motifs is 2. The van der Waals surface area contributed by atoms with Crippen molar-refractivity contribution in [2.45, 2.75) is 30.2 Å². The molecule has 8 nitrogen and oxygen atoms in total. The Balaban J connectivity index is 1.47. The highest BCUT2D eigenvalue weighted by Crippen LogP contribution is 2.29. The maximum atomic E-state index is 13.9. The molecular formula is C30H33N5O3S. The number of nitrogens with two attached hydrogens (primary N) is 1. The zero-order valence-electron chi connectivity index (χ0n) is 21.9. The van der Waals surface area contributed by atoms with Gasteiger partial charge in [0.2, 0.25) is 15.9 Å². The molecule has 0 saturated carbocycles. The number of nitrogens with zero attached hydrogens (tertiary/aromatic N) is 1. The number of benzene rings is 4. The molecule has 0 bridgehead atoms. The van der Waals surface area contributed by atoms with Crippen LogP contribution in [0.4, 0.5) is 0 Å². The number of piperidine rings is 1. The Morgan fingerprint density at radius 1 is 0.974 bits per heavy atom. The summed E-state index contributed by atoms with van der Waals surface area (Å²) in [7, 11) is -4.08. The number of nitrogens with one attached hydrogen (secondary N) is 3. The number of carbonyl (C=O) groups excluding carboxylic acids is 1. The van der Waals surface area contributed by atoms with E-state index in [0.717, 1.165) is 40.9 Å². The average Bonchev–Trinajstić information content (AvgIpc) is 2.95. The summed E-state index contributed by atoms with van der Waals surface area (Å²) in [5.74, 6) is -0.318. The van der Waals surface area contributed by atoms with E-state index >= 15 is 0 Å². The summed E-state index contributed by atoms with van der Waals surface area (Å²) in [4.78, 5) is 15.7. The van der Waals surface area contributed by atoms with E-state index in [-0.39, 0.29) is 16.8 Å². The molecule has 1 amide bonds. The summed E-state index contributed by atoms with van der Waals surface area (Å²) in [6, 6.07) is 25.8. The first-order valence-electron chi connectivity index (χ1n) is 13.0. The van der Waals surface area contributed by atoms with E-state index in [1.54, 1.807) is 36.1 Å². The topological polar surface area (TPSA) is 128 Å². The maximum absolute atomic E-state index is 13.9. The SMILES string of the molecule is C[C@](NS(=O)(=O)c1ccc2ccccc2c1)(C(=O)NCC1CCCN(C(=N)N)C1)c1ccc2ccccc2c1. The molecule has 202 valence electrons. The molecule has 9 heteroatoms. The Morgan fingerprint density at radius 2 is 1.59 bits per heavy atom. The van der Waals surface area contributed by atoms with Crippen LogP contribution in [0.1, 0.15) is 25.3 Å². The first-order chi connectivity index (χ1) is 18.7. The summed E-state index contributed by atoms with van der Waals surface area (Å²) in [6.45, 7) is 3.25. The quantitative estimate of drug-likeness (QED) is 0.208. The van der Waals surface area contributed by atoms with Crippen molar-refractivity contribution in [1.29, 1.82) is 5.41 Å². The van der Waals surface area contributed by atoms with Crippen LogP contribution in [0, 0.1) is 11.3 Å². The highest BCUT2D eigenvalue weighted by atomic mass is 32.2. The second-order valence-electron chi connectivity index (χ2n) is 10.4. The van der Waals surface area contributed by atoms with Crippen LogP contribution in [-0.2, 0) is 20.4 Å². The highest BCUT2D eigenvalue weighted by Gasteiger charge is 2.40. The van der Waals surface area contributed by atoms with Crippen LogP contribution in [0.25, 0.3) is 21.5 Å². The minimum atomic E-state index is -4.08. The van der Waals surface area contributed by atoms with Crippen LogP contribution in [-0.4, -0.2) is 44.8 Å². The van der Waals surface area contributed by atoms with Crippen LogP contribution in [0.5, 0.6) is 0 Å². The molecule has 1 heterocycles. The first-order valence-corrected chi connectivity index (χ1v) is 14.5. The summed E-state index contributed by atoms with van der Waals surface area (Å²) in [5, 5.41) is 14.4. The number of amides is 1. The van der Waals surface area contributed by atoms with Gasteiger partial charge in [-0.3, -0.25) is 10.2 Å². The van der Waals surface area contributed by atoms with Crippen molar-refractivity contribution in [3.63, 3.8) is 0 Å². The number of hydrogen-bond donors (Lipinski definition) is 4. The lowest BCUT2D eigenvalue weighted by Gasteiger charge is -2.34. The van der Waals surface area contributed by atoms with Gasteiger partial charge in [0.15, 0.2) is 5.96 Å². The summed E-state index contributed by atoms with van der Waals surface area (Å²) < 4.78 is 30.2. The Morgan fingerprint density at radius 3 is 2.26 bits per heavy atom. The number of likely N-dealkylation sites (tertiary alicyclic amines) is 1. The zero-order chi connectivity index (χ0) is 27.6. The molecule has 5 rings (SSSR count). The van der Waals surface area contributed by atoms with Crippen molar-refractivity contribution in [3.8, 4) is 0 Å². The molecule has 1 fully saturated rings. The molecule has 4 aromatic carbocycles. The van der Waals surface area contributed by atoms with Crippen molar-refractivity contribution >= 4 is 43.4 Å². The molecule has 0 radical (unpaired) electrons. The van der Waals surface area contributed by atoms with Gasteiger partial charge in [-0.1, -0.05) is 66.7 Å². The van der Waals surface area contributed by atoms with Crippen molar-refractivity contribution in [3.05, 3.63) is 90.5 Å². The Hall–Kier alpha value is -3.95. The van der Waals surface area contributed by atoms with Gasteiger partial charge in [-0.15, -0.1) is 0 Å². The van der Waals surface area contributed by atoms with Crippen LogP contribution < -0.4 is 15.8 Å². The summed E-state index contributed by atoms with van der Waals surface area (Å²) in [6.07, 6.45) is 1.76. The van der Waals surface area contributed by atoms with Crippen molar-refractivity contribution in [1.82, 2.24) is 14.9 Å². The molecular weight excluding hydrogens is 510 g/mol. The Labute approximate surface area is 228 Å². The van der Waals surface area contributed by atoms with Gasteiger partial charge in [0, 0.05) is 19.6 Å². The van der Waals surface area contributed by atoms with Gasteiger partial charge in [0.25, 0.3) is 0 Å². The number of carbonyl (C=O) groups is 1. The highest BCUT2D eigenvalue weighted by molar-refractivity contribution is 7.89. The third-order valence-electron chi connectivity index (χ3n) is 7.56. The molecule has 0 spiro atoms. The van der Waals surface area contributed by atoms with Gasteiger partial charge in [0.05, 0.1) is 4.90 Å². The largest absolute Gasteiger partial charge is 0.370 e. The minimum absolute atomic E-state index is 0.0233. The van der Waals surface area contributed by atoms with Gasteiger partial charge in [0.1, 0.15) is 5.54 Å². The van der Waals surface area contributed by atoms with Crippen molar-refractivity contribution < 1.29 is 13.2 Å². The number of sulfonamides is 1. The lowest BCUT2D eigenvalue weighted by atomic mass is 9.90. The maximum Gasteiger partial charge on any atom is 0.245 e. The summed E-state index contributed by atoms with van der Waals surface area (Å²) >= 11 is 0. The lowest BCUT2D eigenvalue weighted by molar-refractivity contribution is -0.127. The van der Waals surface area contributed by atoms with Crippen LogP contribution in [0.15, 0.2) is 89.8 Å². The fourth-order valence-electron chi connectivity index (χ4n) is 5.26. The molecule has 1 aliphatic heterocycles. The average molecular weight is 544 g/mol. The van der Waals surface area contributed by atoms with E-state index in [9.17, 15) is 13.2 Å². The molecule has 5 N–H and O–H groups in total. The lowest BCUT2D eigenvalue weighted by Crippen LogP contribution is -2.55. The second kappa shape index (κ2) is 10.7. The predicted octanol–water partition coefficient (Wildman–Crippen LogP) is 3.91. The van der Waals surface area contributed by atoms with Crippen LogP contribution in [0.3, 0.4) is 0 Å². The van der Waals surface area contributed by atoms with E-state index in [1.165, 1.54) is 0 Å². The Kier molecular flexibility index (Phi) is 7.29. The third kappa shape index (κ3) is 5.60. The van der Waals surface area contributed by atoms with Crippen molar-refractivity contribution in [2.75, 3.05) is 19.6 Å². The molecule has 1 aliphatic rings. The monoisotopic (exact) mass is 543 g/mol. The van der Waals surface area contributed by atoms with Gasteiger partial charge < -0.3 is 16.0 Å².